The Morgan fingerprint density at radius 3 is 2.33 bits per heavy atom. The highest BCUT2D eigenvalue weighted by Gasteiger charge is 2.30. The van der Waals surface area contributed by atoms with Crippen molar-refractivity contribution in [1.29, 1.82) is 0 Å². The molecule has 0 saturated heterocycles. The topological polar surface area (TPSA) is 74.2 Å². The predicted molar refractivity (Wildman–Crippen MR) is 66.7 cm³/mol. The van der Waals surface area contributed by atoms with E-state index in [0.717, 1.165) is 6.21 Å². The maximum atomic E-state index is 11.3. The Balaban J connectivity index is 2.82. The van der Waals surface area contributed by atoms with Crippen molar-refractivity contribution in [2.45, 2.75) is 0 Å². The number of ether oxygens (including phenoxy) is 2. The van der Waals surface area contributed by atoms with Crippen LogP contribution in [-0.4, -0.2) is 28.9 Å². The summed E-state index contributed by atoms with van der Waals surface area (Å²) in [5.74, 6) is 0.121. The van der Waals surface area contributed by atoms with Gasteiger partial charge in [0.1, 0.15) is 10.0 Å². The van der Waals surface area contributed by atoms with Gasteiger partial charge >= 0.3 is 10.3 Å². The van der Waals surface area contributed by atoms with E-state index in [0.29, 0.717) is 0 Å². The van der Waals surface area contributed by atoms with Gasteiger partial charge in [0.25, 0.3) is 0 Å². The Hall–Kier alpha value is -1.18. The second-order valence-electron chi connectivity index (χ2n) is 3.18. The molecule has 1 aliphatic rings. The van der Waals surface area contributed by atoms with Crippen LogP contribution in [-0.2, 0) is 10.3 Å². The van der Waals surface area contributed by atoms with Gasteiger partial charge in [0.05, 0.1) is 26.0 Å². The molecule has 98 valence electrons. The highest BCUT2D eigenvalue weighted by atomic mass is 35.5. The normalized spacial score (nSPS) is 15.8. The Morgan fingerprint density at radius 1 is 1.17 bits per heavy atom. The quantitative estimate of drug-likeness (QED) is 0.835. The van der Waals surface area contributed by atoms with Crippen molar-refractivity contribution in [3.05, 3.63) is 15.6 Å². The summed E-state index contributed by atoms with van der Waals surface area (Å²) in [5, 5.41) is 0.0473. The van der Waals surface area contributed by atoms with E-state index in [9.17, 15) is 8.42 Å². The third-order valence-corrected chi connectivity index (χ3v) is 3.62. The smallest absolute Gasteiger partial charge is 0.428 e. The van der Waals surface area contributed by atoms with Crippen LogP contribution in [0.1, 0.15) is 5.56 Å². The first kappa shape index (κ1) is 13.3. The molecular formula is C9H7Cl2NO5S. The number of fused-ring (bicyclic) bond motifs is 1. The van der Waals surface area contributed by atoms with Crippen LogP contribution in [0.25, 0.3) is 0 Å². The lowest BCUT2D eigenvalue weighted by molar-refractivity contribution is 0.389. The van der Waals surface area contributed by atoms with Crippen LogP contribution in [0.2, 0.25) is 10.0 Å². The molecule has 6 nitrogen and oxygen atoms in total. The van der Waals surface area contributed by atoms with Gasteiger partial charge in [-0.2, -0.15) is 8.42 Å². The van der Waals surface area contributed by atoms with Crippen LogP contribution >= 0.6 is 23.2 Å². The SMILES string of the molecule is COc1c(Cl)c(OC)c2c(c1Cl)OS(=O)(=O)N=C2. The van der Waals surface area contributed by atoms with Crippen LogP contribution in [0.15, 0.2) is 4.40 Å². The van der Waals surface area contributed by atoms with Crippen LogP contribution in [0.3, 0.4) is 0 Å². The number of rotatable bonds is 2. The lowest BCUT2D eigenvalue weighted by atomic mass is 10.1. The van der Waals surface area contributed by atoms with Crippen molar-refractivity contribution in [2.24, 2.45) is 4.40 Å². The molecule has 1 aromatic carbocycles. The summed E-state index contributed by atoms with van der Waals surface area (Å²) in [6.07, 6.45) is 1.06. The van der Waals surface area contributed by atoms with Crippen LogP contribution in [0.4, 0.5) is 0 Å². The number of methoxy groups -OCH3 is 2. The van der Waals surface area contributed by atoms with E-state index >= 15 is 0 Å². The molecule has 0 aromatic heterocycles. The fourth-order valence-corrected chi connectivity index (χ4v) is 2.88. The number of halogens is 2. The molecule has 0 atom stereocenters. The summed E-state index contributed by atoms with van der Waals surface area (Å²) in [7, 11) is -1.35. The minimum absolute atomic E-state index is 0.0620. The molecule has 1 aliphatic heterocycles. The number of hydrogen-bond donors (Lipinski definition) is 0. The van der Waals surface area contributed by atoms with Crippen molar-refractivity contribution in [1.82, 2.24) is 0 Å². The Morgan fingerprint density at radius 2 is 1.78 bits per heavy atom. The zero-order valence-corrected chi connectivity index (χ0v) is 11.6. The Bertz CT molecular complexity index is 641. The monoisotopic (exact) mass is 311 g/mol. The van der Waals surface area contributed by atoms with Gasteiger partial charge in [-0.05, 0) is 0 Å². The summed E-state index contributed by atoms with van der Waals surface area (Å²) in [4.78, 5) is 0. The van der Waals surface area contributed by atoms with Crippen LogP contribution in [0, 0.1) is 0 Å². The van der Waals surface area contributed by atoms with Gasteiger partial charge in [-0.3, -0.25) is 0 Å². The van der Waals surface area contributed by atoms with Gasteiger partial charge in [-0.15, -0.1) is 4.40 Å². The fraction of sp³-hybridized carbons (Fsp3) is 0.222. The third kappa shape index (κ3) is 1.98. The minimum Gasteiger partial charge on any atom is -0.494 e. The van der Waals surface area contributed by atoms with Gasteiger partial charge in [0, 0.05) is 0 Å². The Labute approximate surface area is 113 Å². The maximum Gasteiger partial charge on any atom is 0.428 e. The van der Waals surface area contributed by atoms with Gasteiger partial charge in [-0.25, -0.2) is 0 Å². The van der Waals surface area contributed by atoms with Gasteiger partial charge in [0.15, 0.2) is 17.2 Å². The maximum absolute atomic E-state index is 11.3. The molecule has 0 fully saturated rings. The van der Waals surface area contributed by atoms with Crippen LogP contribution < -0.4 is 13.7 Å². The van der Waals surface area contributed by atoms with E-state index in [1.54, 1.807) is 0 Å². The van der Waals surface area contributed by atoms with E-state index in [-0.39, 0.29) is 32.9 Å². The first-order chi connectivity index (χ1) is 8.41. The first-order valence-corrected chi connectivity index (χ1v) is 6.66. The average molecular weight is 312 g/mol. The largest absolute Gasteiger partial charge is 0.494 e. The molecule has 0 saturated carbocycles. The first-order valence-electron chi connectivity index (χ1n) is 4.54. The van der Waals surface area contributed by atoms with E-state index in [2.05, 4.69) is 4.40 Å². The van der Waals surface area contributed by atoms with Gasteiger partial charge < -0.3 is 13.7 Å². The summed E-state index contributed by atoms with van der Waals surface area (Å²) in [5.41, 5.74) is 0.239. The lowest BCUT2D eigenvalue weighted by Gasteiger charge is -2.19. The minimum atomic E-state index is -4.05. The molecular weight excluding hydrogens is 305 g/mol. The highest BCUT2D eigenvalue weighted by Crippen LogP contribution is 2.49. The molecule has 1 heterocycles. The van der Waals surface area contributed by atoms with Crippen molar-refractivity contribution in [3.63, 3.8) is 0 Å². The van der Waals surface area contributed by atoms with Crippen LogP contribution in [0.5, 0.6) is 17.2 Å². The highest BCUT2D eigenvalue weighted by molar-refractivity contribution is 7.86. The molecule has 0 aliphatic carbocycles. The lowest BCUT2D eigenvalue weighted by Crippen LogP contribution is -2.14. The zero-order chi connectivity index (χ0) is 13.5. The average Bonchev–Trinajstić information content (AvgIpc) is 2.31. The van der Waals surface area contributed by atoms with E-state index in [1.165, 1.54) is 14.2 Å². The second-order valence-corrected chi connectivity index (χ2v) is 5.17. The Kier molecular flexibility index (Phi) is 3.31. The summed E-state index contributed by atoms with van der Waals surface area (Å²) >= 11 is 12.0. The van der Waals surface area contributed by atoms with Crippen molar-refractivity contribution >= 4 is 39.7 Å². The summed E-state index contributed by atoms with van der Waals surface area (Å²) in [6.45, 7) is 0. The summed E-state index contributed by atoms with van der Waals surface area (Å²) in [6, 6.07) is 0. The molecule has 9 heteroatoms. The summed E-state index contributed by atoms with van der Waals surface area (Å²) < 4.78 is 40.5. The molecule has 0 bridgehead atoms. The molecule has 2 rings (SSSR count). The third-order valence-electron chi connectivity index (χ3n) is 2.19. The fourth-order valence-electron chi connectivity index (χ4n) is 1.46. The van der Waals surface area contributed by atoms with Crippen molar-refractivity contribution in [3.8, 4) is 17.2 Å². The second kappa shape index (κ2) is 4.49. The number of benzene rings is 1. The standard InChI is InChI=1S/C9H7Cl2NO5S/c1-15-7-4-3-12-18(13,14)17-8(4)6(11)9(16-2)5(7)10/h3H,1-2H3. The number of nitrogens with zero attached hydrogens (tertiary/aromatic N) is 1. The molecule has 0 radical (unpaired) electrons. The zero-order valence-electron chi connectivity index (χ0n) is 9.23. The van der Waals surface area contributed by atoms with Gasteiger partial charge in [-0.1, -0.05) is 23.2 Å². The molecule has 0 unspecified atom stereocenters. The van der Waals surface area contributed by atoms with E-state index in [4.69, 9.17) is 36.9 Å². The molecule has 0 amide bonds. The van der Waals surface area contributed by atoms with Crippen molar-refractivity contribution < 1.29 is 22.1 Å². The molecule has 0 spiro atoms. The number of hydrogen-bond acceptors (Lipinski definition) is 5. The molecule has 1 aromatic rings. The molecule has 0 N–H and O–H groups in total. The molecule has 18 heavy (non-hydrogen) atoms. The predicted octanol–water partition coefficient (Wildman–Crippen LogP) is 2.07. The van der Waals surface area contributed by atoms with Crippen molar-refractivity contribution in [2.75, 3.05) is 14.2 Å². The van der Waals surface area contributed by atoms with E-state index < -0.39 is 10.3 Å². The van der Waals surface area contributed by atoms with E-state index in [1.807, 2.05) is 0 Å². The van der Waals surface area contributed by atoms with Gasteiger partial charge in [0.2, 0.25) is 0 Å².